The largest absolute Gasteiger partial charge is 0.394 e. The number of aliphatic hydroxyl groups excluding tert-OH is 1. The van der Waals surface area contributed by atoms with Gasteiger partial charge in [-0.1, -0.05) is 0 Å². The number of carbonyl (C=O) groups is 1. The van der Waals surface area contributed by atoms with Crippen LogP contribution in [0.4, 0.5) is 0 Å². The van der Waals surface area contributed by atoms with Crippen molar-refractivity contribution in [2.24, 2.45) is 0 Å². The van der Waals surface area contributed by atoms with Gasteiger partial charge in [0.2, 0.25) is 0 Å². The number of H-pyrrole nitrogens is 1. The van der Waals surface area contributed by atoms with Crippen LogP contribution in [0.1, 0.15) is 23.3 Å². The maximum absolute atomic E-state index is 12.0. The molecule has 0 spiro atoms. The van der Waals surface area contributed by atoms with Crippen LogP contribution in [0.3, 0.4) is 0 Å². The van der Waals surface area contributed by atoms with Gasteiger partial charge in [0.25, 0.3) is 5.91 Å². The van der Waals surface area contributed by atoms with Gasteiger partial charge in [-0.3, -0.25) is 4.79 Å². The zero-order chi connectivity index (χ0) is 10.8. The second-order valence-electron chi connectivity index (χ2n) is 3.71. The average Bonchev–Trinajstić information content (AvgIpc) is 2.84. The number of aromatic amines is 1. The van der Waals surface area contributed by atoms with Crippen molar-refractivity contribution in [2.45, 2.75) is 18.9 Å². The third kappa shape index (κ3) is 2.08. The first-order valence-corrected chi connectivity index (χ1v) is 5.77. The van der Waals surface area contributed by atoms with E-state index in [-0.39, 0.29) is 18.6 Å². The lowest BCUT2D eigenvalue weighted by atomic mass is 10.2. The number of nitrogens with one attached hydrogen (secondary N) is 1. The fourth-order valence-corrected chi connectivity index (χ4v) is 2.28. The van der Waals surface area contributed by atoms with E-state index < -0.39 is 0 Å². The number of halogens is 1. The van der Waals surface area contributed by atoms with E-state index in [1.165, 1.54) is 0 Å². The van der Waals surface area contributed by atoms with E-state index >= 15 is 0 Å². The number of aliphatic hydroxyl groups is 1. The predicted octanol–water partition coefficient (Wildman–Crippen LogP) is 1.37. The van der Waals surface area contributed by atoms with Crippen molar-refractivity contribution in [3.8, 4) is 0 Å². The summed E-state index contributed by atoms with van der Waals surface area (Å²) in [5.74, 6) is -0.0303. The molecule has 0 aliphatic carbocycles. The minimum Gasteiger partial charge on any atom is -0.394 e. The summed E-state index contributed by atoms with van der Waals surface area (Å²) in [7, 11) is 0. The maximum atomic E-state index is 12.0. The minimum absolute atomic E-state index is 0.0143. The molecule has 15 heavy (non-hydrogen) atoms. The molecule has 2 N–H and O–H groups in total. The Labute approximate surface area is 96.4 Å². The number of amides is 1. The SMILES string of the molecule is O=C(c1cc(Br)c[nH]1)N1CCCC1CO. The number of aromatic nitrogens is 1. The van der Waals surface area contributed by atoms with E-state index in [1.54, 1.807) is 17.2 Å². The second-order valence-corrected chi connectivity index (χ2v) is 4.62. The first-order valence-electron chi connectivity index (χ1n) is 4.98. The maximum Gasteiger partial charge on any atom is 0.270 e. The molecule has 5 heteroatoms. The smallest absolute Gasteiger partial charge is 0.270 e. The molecule has 1 aromatic heterocycles. The van der Waals surface area contributed by atoms with E-state index in [2.05, 4.69) is 20.9 Å². The summed E-state index contributed by atoms with van der Waals surface area (Å²) in [5.41, 5.74) is 0.572. The van der Waals surface area contributed by atoms with Crippen molar-refractivity contribution in [1.29, 1.82) is 0 Å². The summed E-state index contributed by atoms with van der Waals surface area (Å²) < 4.78 is 0.866. The lowest BCUT2D eigenvalue weighted by molar-refractivity contribution is 0.0672. The summed E-state index contributed by atoms with van der Waals surface area (Å²) in [4.78, 5) is 16.6. The number of likely N-dealkylation sites (tertiary alicyclic amines) is 1. The zero-order valence-electron chi connectivity index (χ0n) is 8.24. The van der Waals surface area contributed by atoms with Crippen LogP contribution in [0.2, 0.25) is 0 Å². The highest BCUT2D eigenvalue weighted by molar-refractivity contribution is 9.10. The Bertz CT molecular complexity index is 364. The normalized spacial score (nSPS) is 20.9. The van der Waals surface area contributed by atoms with Crippen LogP contribution in [0, 0.1) is 0 Å². The van der Waals surface area contributed by atoms with Gasteiger partial charge >= 0.3 is 0 Å². The topological polar surface area (TPSA) is 56.3 Å². The van der Waals surface area contributed by atoms with Crippen molar-refractivity contribution >= 4 is 21.8 Å². The van der Waals surface area contributed by atoms with Crippen LogP contribution in [0.5, 0.6) is 0 Å². The minimum atomic E-state index is -0.0303. The van der Waals surface area contributed by atoms with E-state index in [1.807, 2.05) is 0 Å². The molecule has 1 amide bonds. The van der Waals surface area contributed by atoms with E-state index in [9.17, 15) is 4.79 Å². The zero-order valence-corrected chi connectivity index (χ0v) is 9.83. The Balaban J connectivity index is 2.13. The third-order valence-electron chi connectivity index (χ3n) is 2.73. The summed E-state index contributed by atoms with van der Waals surface area (Å²) in [6.45, 7) is 0.786. The van der Waals surface area contributed by atoms with Crippen molar-refractivity contribution in [2.75, 3.05) is 13.2 Å². The van der Waals surface area contributed by atoms with Crippen LogP contribution in [-0.4, -0.2) is 40.1 Å². The van der Waals surface area contributed by atoms with Gasteiger partial charge in [-0.05, 0) is 34.8 Å². The number of hydrogen-bond donors (Lipinski definition) is 2. The van der Waals surface area contributed by atoms with E-state index in [4.69, 9.17) is 5.11 Å². The fraction of sp³-hybridized carbons (Fsp3) is 0.500. The molecule has 1 unspecified atom stereocenters. The monoisotopic (exact) mass is 272 g/mol. The van der Waals surface area contributed by atoms with Crippen LogP contribution < -0.4 is 0 Å². The molecule has 1 aromatic rings. The van der Waals surface area contributed by atoms with Crippen molar-refractivity contribution < 1.29 is 9.90 Å². The molecule has 2 rings (SSSR count). The van der Waals surface area contributed by atoms with Crippen molar-refractivity contribution in [3.05, 3.63) is 22.4 Å². The van der Waals surface area contributed by atoms with E-state index in [0.717, 1.165) is 23.9 Å². The molecular formula is C10H13BrN2O2. The third-order valence-corrected chi connectivity index (χ3v) is 3.18. The molecule has 1 atom stereocenters. The number of hydrogen-bond acceptors (Lipinski definition) is 2. The van der Waals surface area contributed by atoms with Crippen LogP contribution in [0.15, 0.2) is 16.7 Å². The Kier molecular flexibility index (Phi) is 3.11. The Morgan fingerprint density at radius 2 is 2.53 bits per heavy atom. The number of rotatable bonds is 2. The van der Waals surface area contributed by atoms with Crippen molar-refractivity contribution in [3.63, 3.8) is 0 Å². The Morgan fingerprint density at radius 1 is 1.73 bits per heavy atom. The van der Waals surface area contributed by atoms with Gasteiger partial charge in [-0.2, -0.15) is 0 Å². The molecule has 82 valence electrons. The Hall–Kier alpha value is -0.810. The quantitative estimate of drug-likeness (QED) is 0.855. The summed E-state index contributed by atoms with van der Waals surface area (Å²) in [5, 5.41) is 9.12. The fourth-order valence-electron chi connectivity index (χ4n) is 1.94. The number of carbonyl (C=O) groups excluding carboxylic acids is 1. The highest BCUT2D eigenvalue weighted by Gasteiger charge is 2.29. The van der Waals surface area contributed by atoms with Gasteiger partial charge in [0.1, 0.15) is 5.69 Å². The first-order chi connectivity index (χ1) is 7.22. The molecule has 1 fully saturated rings. The molecule has 0 radical (unpaired) electrons. The van der Waals surface area contributed by atoms with Crippen molar-refractivity contribution in [1.82, 2.24) is 9.88 Å². The van der Waals surface area contributed by atoms with E-state index in [0.29, 0.717) is 5.69 Å². The molecule has 1 saturated heterocycles. The molecule has 2 heterocycles. The molecule has 0 bridgehead atoms. The van der Waals surface area contributed by atoms with Crippen LogP contribution >= 0.6 is 15.9 Å². The molecule has 0 saturated carbocycles. The van der Waals surface area contributed by atoms with Gasteiger partial charge < -0.3 is 15.0 Å². The van der Waals surface area contributed by atoms with Gasteiger partial charge in [0, 0.05) is 17.2 Å². The molecule has 1 aliphatic heterocycles. The predicted molar refractivity (Wildman–Crippen MR) is 59.6 cm³/mol. The molecule has 4 nitrogen and oxygen atoms in total. The summed E-state index contributed by atoms with van der Waals surface area (Å²) in [6.07, 6.45) is 3.60. The molecule has 0 aromatic carbocycles. The molecule has 1 aliphatic rings. The summed E-state index contributed by atoms with van der Waals surface area (Å²) in [6, 6.07) is 1.74. The lowest BCUT2D eigenvalue weighted by Crippen LogP contribution is -2.37. The number of nitrogens with zero attached hydrogens (tertiary/aromatic N) is 1. The van der Waals surface area contributed by atoms with Crippen LogP contribution in [-0.2, 0) is 0 Å². The van der Waals surface area contributed by atoms with Gasteiger partial charge in [-0.15, -0.1) is 0 Å². The molecular weight excluding hydrogens is 260 g/mol. The second kappa shape index (κ2) is 4.37. The standard InChI is InChI=1S/C10H13BrN2O2/c11-7-4-9(12-5-7)10(15)13-3-1-2-8(13)6-14/h4-5,8,12,14H,1-3,6H2. The Morgan fingerprint density at radius 3 is 3.13 bits per heavy atom. The van der Waals surface area contributed by atoms with Gasteiger partial charge in [0.05, 0.1) is 12.6 Å². The average molecular weight is 273 g/mol. The highest BCUT2D eigenvalue weighted by Crippen LogP contribution is 2.20. The van der Waals surface area contributed by atoms with Crippen LogP contribution in [0.25, 0.3) is 0 Å². The first kappa shape index (κ1) is 10.7. The summed E-state index contributed by atoms with van der Waals surface area (Å²) >= 11 is 3.29. The van der Waals surface area contributed by atoms with Gasteiger partial charge in [-0.25, -0.2) is 0 Å². The van der Waals surface area contributed by atoms with Gasteiger partial charge in [0.15, 0.2) is 0 Å². The lowest BCUT2D eigenvalue weighted by Gasteiger charge is -2.22. The highest BCUT2D eigenvalue weighted by atomic mass is 79.9.